The second-order valence-electron chi connectivity index (χ2n) is 4.97. The second-order valence-corrected chi connectivity index (χ2v) is 4.97. The Morgan fingerprint density at radius 3 is 2.85 bits per heavy atom. The van der Waals surface area contributed by atoms with E-state index in [0.717, 1.165) is 22.5 Å². The molecule has 4 heteroatoms. The summed E-state index contributed by atoms with van der Waals surface area (Å²) >= 11 is 0. The van der Waals surface area contributed by atoms with Crippen LogP contribution in [0.5, 0.6) is 5.75 Å². The van der Waals surface area contributed by atoms with Crippen molar-refractivity contribution in [3.8, 4) is 5.75 Å². The standard InChI is InChI=1S/C16H17N3O/c1-11-8-13(17)16(20)15(9-11)19-7-6-18-10-12-4-2-3-5-14(12)19/h2-5,8-10,20H,6-7,17H2,1H3. The van der Waals surface area contributed by atoms with Gasteiger partial charge >= 0.3 is 0 Å². The minimum atomic E-state index is 0.132. The van der Waals surface area contributed by atoms with Gasteiger partial charge in [-0.25, -0.2) is 0 Å². The second kappa shape index (κ2) is 4.89. The highest BCUT2D eigenvalue weighted by molar-refractivity contribution is 5.91. The molecule has 1 heterocycles. The molecule has 3 rings (SSSR count). The fraction of sp³-hybridized carbons (Fsp3) is 0.188. The Kier molecular flexibility index (Phi) is 3.06. The molecule has 1 aliphatic heterocycles. The molecule has 20 heavy (non-hydrogen) atoms. The molecular weight excluding hydrogens is 250 g/mol. The van der Waals surface area contributed by atoms with Crippen molar-refractivity contribution in [1.29, 1.82) is 0 Å². The van der Waals surface area contributed by atoms with E-state index < -0.39 is 0 Å². The Hall–Kier alpha value is -2.49. The van der Waals surface area contributed by atoms with Gasteiger partial charge in [0.2, 0.25) is 0 Å². The molecule has 0 spiro atoms. The van der Waals surface area contributed by atoms with Crippen LogP contribution in [0.4, 0.5) is 17.1 Å². The topological polar surface area (TPSA) is 61.9 Å². The number of anilines is 3. The van der Waals surface area contributed by atoms with E-state index in [9.17, 15) is 5.11 Å². The van der Waals surface area contributed by atoms with Gasteiger partial charge in [-0.15, -0.1) is 0 Å². The monoisotopic (exact) mass is 267 g/mol. The Morgan fingerprint density at radius 2 is 2.00 bits per heavy atom. The molecule has 2 aromatic carbocycles. The van der Waals surface area contributed by atoms with Crippen LogP contribution in [0.15, 0.2) is 41.4 Å². The van der Waals surface area contributed by atoms with Crippen LogP contribution in [0, 0.1) is 6.92 Å². The maximum atomic E-state index is 10.3. The first-order chi connectivity index (χ1) is 9.66. The third kappa shape index (κ3) is 2.09. The van der Waals surface area contributed by atoms with Crippen LogP contribution in [0.25, 0.3) is 0 Å². The minimum absolute atomic E-state index is 0.132. The van der Waals surface area contributed by atoms with Gasteiger partial charge in [0.05, 0.1) is 23.6 Å². The third-order valence-corrected chi connectivity index (χ3v) is 3.47. The highest BCUT2D eigenvalue weighted by atomic mass is 16.3. The van der Waals surface area contributed by atoms with Crippen LogP contribution in [0.1, 0.15) is 11.1 Å². The molecule has 2 aromatic rings. The predicted molar refractivity (Wildman–Crippen MR) is 83.2 cm³/mol. The molecule has 4 nitrogen and oxygen atoms in total. The number of nitrogen functional groups attached to an aromatic ring is 1. The zero-order valence-corrected chi connectivity index (χ0v) is 11.4. The van der Waals surface area contributed by atoms with E-state index in [4.69, 9.17) is 5.73 Å². The molecule has 0 aromatic heterocycles. The van der Waals surface area contributed by atoms with Crippen LogP contribution in [-0.2, 0) is 0 Å². The number of rotatable bonds is 1. The van der Waals surface area contributed by atoms with E-state index in [-0.39, 0.29) is 5.75 Å². The fourth-order valence-corrected chi connectivity index (χ4v) is 2.53. The number of hydrogen-bond acceptors (Lipinski definition) is 4. The molecule has 0 amide bonds. The van der Waals surface area contributed by atoms with E-state index in [1.807, 2.05) is 43.5 Å². The van der Waals surface area contributed by atoms with Crippen molar-refractivity contribution < 1.29 is 5.11 Å². The molecular formula is C16H17N3O. The van der Waals surface area contributed by atoms with E-state index in [2.05, 4.69) is 9.89 Å². The largest absolute Gasteiger partial charge is 0.504 e. The highest BCUT2D eigenvalue weighted by Gasteiger charge is 2.19. The van der Waals surface area contributed by atoms with Gasteiger partial charge in [0, 0.05) is 18.3 Å². The molecule has 0 saturated heterocycles. The lowest BCUT2D eigenvalue weighted by molar-refractivity contribution is 0.478. The Morgan fingerprint density at radius 1 is 1.20 bits per heavy atom. The summed E-state index contributed by atoms with van der Waals surface area (Å²) in [6.07, 6.45) is 1.88. The lowest BCUT2D eigenvalue weighted by atomic mass is 10.1. The zero-order chi connectivity index (χ0) is 14.1. The van der Waals surface area contributed by atoms with Crippen LogP contribution in [0.2, 0.25) is 0 Å². The van der Waals surface area contributed by atoms with Gasteiger partial charge in [0.1, 0.15) is 0 Å². The van der Waals surface area contributed by atoms with Gasteiger partial charge in [0.25, 0.3) is 0 Å². The van der Waals surface area contributed by atoms with Crippen molar-refractivity contribution in [2.75, 3.05) is 23.7 Å². The average molecular weight is 267 g/mol. The number of nitrogens with zero attached hydrogens (tertiary/aromatic N) is 2. The third-order valence-electron chi connectivity index (χ3n) is 3.47. The zero-order valence-electron chi connectivity index (χ0n) is 11.4. The van der Waals surface area contributed by atoms with Crippen LogP contribution in [0.3, 0.4) is 0 Å². The first-order valence-corrected chi connectivity index (χ1v) is 6.62. The normalized spacial score (nSPS) is 13.9. The summed E-state index contributed by atoms with van der Waals surface area (Å²) in [4.78, 5) is 6.45. The summed E-state index contributed by atoms with van der Waals surface area (Å²) in [5, 5.41) is 10.3. The number of benzene rings is 2. The average Bonchev–Trinajstić information content (AvgIpc) is 2.65. The Bertz CT molecular complexity index is 679. The van der Waals surface area contributed by atoms with Crippen LogP contribution in [-0.4, -0.2) is 24.4 Å². The predicted octanol–water partition coefficient (Wildman–Crippen LogP) is 2.85. The van der Waals surface area contributed by atoms with Crippen LogP contribution < -0.4 is 10.6 Å². The van der Waals surface area contributed by atoms with Gasteiger partial charge in [0.15, 0.2) is 5.75 Å². The first kappa shape index (κ1) is 12.5. The summed E-state index contributed by atoms with van der Waals surface area (Å²) in [7, 11) is 0. The number of benzodiazepines with no additional fused rings is 1. The van der Waals surface area contributed by atoms with Crippen molar-refractivity contribution >= 4 is 23.3 Å². The van der Waals surface area contributed by atoms with E-state index in [0.29, 0.717) is 18.8 Å². The number of hydrogen-bond donors (Lipinski definition) is 2. The lowest BCUT2D eigenvalue weighted by Gasteiger charge is -2.26. The van der Waals surface area contributed by atoms with Gasteiger partial charge in [-0.1, -0.05) is 18.2 Å². The van der Waals surface area contributed by atoms with Gasteiger partial charge in [-0.3, -0.25) is 4.99 Å². The van der Waals surface area contributed by atoms with E-state index in [1.165, 1.54) is 0 Å². The lowest BCUT2D eigenvalue weighted by Crippen LogP contribution is -2.20. The molecule has 0 radical (unpaired) electrons. The molecule has 0 fully saturated rings. The molecule has 0 unspecified atom stereocenters. The fourth-order valence-electron chi connectivity index (χ4n) is 2.53. The Labute approximate surface area is 118 Å². The molecule has 0 atom stereocenters. The van der Waals surface area contributed by atoms with Crippen molar-refractivity contribution in [1.82, 2.24) is 0 Å². The Balaban J connectivity index is 2.17. The van der Waals surface area contributed by atoms with Crippen molar-refractivity contribution in [3.05, 3.63) is 47.5 Å². The van der Waals surface area contributed by atoms with Gasteiger partial charge in [-0.05, 0) is 30.7 Å². The van der Waals surface area contributed by atoms with Crippen molar-refractivity contribution in [2.24, 2.45) is 4.99 Å². The number of fused-ring (bicyclic) bond motifs is 1. The molecule has 0 aliphatic carbocycles. The minimum Gasteiger partial charge on any atom is -0.504 e. The number of phenols is 1. The highest BCUT2D eigenvalue weighted by Crippen LogP contribution is 2.39. The number of nitrogens with two attached hydrogens (primary N) is 1. The van der Waals surface area contributed by atoms with Crippen molar-refractivity contribution in [3.63, 3.8) is 0 Å². The molecule has 0 bridgehead atoms. The first-order valence-electron chi connectivity index (χ1n) is 6.62. The molecule has 0 saturated carbocycles. The number of aryl methyl sites for hydroxylation is 1. The summed E-state index contributed by atoms with van der Waals surface area (Å²) in [6, 6.07) is 11.8. The number of aliphatic imine (C=N–C) groups is 1. The smallest absolute Gasteiger partial charge is 0.162 e. The number of phenolic OH excluding ortho intramolecular Hbond substituents is 1. The summed E-state index contributed by atoms with van der Waals surface area (Å²) in [5.41, 5.74) is 10.1. The quantitative estimate of drug-likeness (QED) is 0.617. The molecule has 1 aliphatic rings. The summed E-state index contributed by atoms with van der Waals surface area (Å²) in [5.74, 6) is 0.132. The van der Waals surface area contributed by atoms with E-state index >= 15 is 0 Å². The maximum Gasteiger partial charge on any atom is 0.162 e. The van der Waals surface area contributed by atoms with Gasteiger partial charge < -0.3 is 15.7 Å². The van der Waals surface area contributed by atoms with Gasteiger partial charge in [-0.2, -0.15) is 0 Å². The SMILES string of the molecule is Cc1cc(N)c(O)c(N2CCN=Cc3ccccc32)c1. The van der Waals surface area contributed by atoms with E-state index in [1.54, 1.807) is 6.07 Å². The van der Waals surface area contributed by atoms with Crippen LogP contribution >= 0.6 is 0 Å². The van der Waals surface area contributed by atoms with Crippen molar-refractivity contribution in [2.45, 2.75) is 6.92 Å². The number of para-hydroxylation sites is 1. The number of aromatic hydroxyl groups is 1. The maximum absolute atomic E-state index is 10.3. The molecule has 3 N–H and O–H groups in total. The summed E-state index contributed by atoms with van der Waals surface area (Å²) < 4.78 is 0. The molecule has 102 valence electrons. The summed E-state index contributed by atoms with van der Waals surface area (Å²) in [6.45, 7) is 3.37.